The van der Waals surface area contributed by atoms with E-state index in [4.69, 9.17) is 16.3 Å². The minimum atomic E-state index is -0.213. The van der Waals surface area contributed by atoms with Crippen molar-refractivity contribution in [3.63, 3.8) is 0 Å². The molecule has 1 N–H and O–H groups in total. The molecule has 25 heavy (non-hydrogen) atoms. The van der Waals surface area contributed by atoms with Crippen molar-refractivity contribution in [3.05, 3.63) is 23.2 Å². The molecule has 0 aliphatic rings. The number of rotatable bonds is 10. The first kappa shape index (κ1) is 20.1. The highest BCUT2D eigenvalue weighted by atomic mass is 35.5. The zero-order chi connectivity index (χ0) is 18.2. The van der Waals surface area contributed by atoms with Crippen LogP contribution in [0.4, 0.5) is 0 Å². The van der Waals surface area contributed by atoms with E-state index in [0.717, 1.165) is 35.6 Å². The maximum Gasteiger partial charge on any atom is 0.233 e. The molecule has 0 saturated heterocycles. The summed E-state index contributed by atoms with van der Waals surface area (Å²) in [6, 6.07) is 5.73. The van der Waals surface area contributed by atoms with E-state index in [-0.39, 0.29) is 11.2 Å². The Morgan fingerprint density at radius 2 is 2.24 bits per heavy atom. The summed E-state index contributed by atoms with van der Waals surface area (Å²) in [5, 5.41) is 4.27. The summed E-state index contributed by atoms with van der Waals surface area (Å²) in [5.41, 5.74) is 1.92. The van der Waals surface area contributed by atoms with Crippen molar-refractivity contribution in [3.8, 4) is 0 Å². The fraction of sp³-hybridized carbons (Fsp3) is 0.556. The fourth-order valence-corrected chi connectivity index (χ4v) is 3.64. The van der Waals surface area contributed by atoms with Crippen LogP contribution in [0, 0.1) is 0 Å². The van der Waals surface area contributed by atoms with Gasteiger partial charge in [0, 0.05) is 31.3 Å². The number of aryl methyl sites for hydroxylation is 1. The van der Waals surface area contributed by atoms with Gasteiger partial charge in [-0.2, -0.15) is 0 Å². The molecule has 1 unspecified atom stereocenters. The molecule has 0 bridgehead atoms. The number of imidazole rings is 1. The molecule has 1 aromatic heterocycles. The van der Waals surface area contributed by atoms with Crippen LogP contribution >= 0.6 is 23.4 Å². The number of fused-ring (bicyclic) bond motifs is 1. The number of carbonyl (C=O) groups excluding carboxylic acids is 1. The number of carbonyl (C=O) groups is 1. The zero-order valence-corrected chi connectivity index (χ0v) is 16.6. The number of nitrogens with zero attached hydrogens (tertiary/aromatic N) is 2. The third-order valence-electron chi connectivity index (χ3n) is 3.74. The van der Waals surface area contributed by atoms with Crippen molar-refractivity contribution in [2.45, 2.75) is 50.6 Å². The number of nitrogens with one attached hydrogen (secondary N) is 1. The Labute approximate surface area is 158 Å². The monoisotopic (exact) mass is 383 g/mol. The first-order chi connectivity index (χ1) is 12.1. The highest BCUT2D eigenvalue weighted by Gasteiger charge is 2.19. The van der Waals surface area contributed by atoms with Gasteiger partial charge in [-0.15, -0.1) is 0 Å². The van der Waals surface area contributed by atoms with E-state index in [1.165, 1.54) is 11.8 Å². The molecular formula is C18H26ClN3O2S. The number of aromatic nitrogens is 2. The fourth-order valence-electron chi connectivity index (χ4n) is 2.50. The van der Waals surface area contributed by atoms with E-state index in [0.29, 0.717) is 24.8 Å². The maximum atomic E-state index is 12.3. The van der Waals surface area contributed by atoms with E-state index < -0.39 is 0 Å². The molecular weight excluding hydrogens is 358 g/mol. The van der Waals surface area contributed by atoms with E-state index in [1.807, 2.05) is 32.0 Å². The normalized spacial score (nSPS) is 12.5. The SMILES string of the molecule is CCCn1c(SC(C)C(=O)NCCCOCC)nc2cc(Cl)ccc21. The molecule has 0 spiro atoms. The quantitative estimate of drug-likeness (QED) is 0.495. The third kappa shape index (κ3) is 5.62. The topological polar surface area (TPSA) is 56.2 Å². The average Bonchev–Trinajstić information content (AvgIpc) is 2.91. The molecule has 0 aliphatic carbocycles. The van der Waals surface area contributed by atoms with Gasteiger partial charge in [0.05, 0.1) is 16.3 Å². The molecule has 1 atom stereocenters. The first-order valence-corrected chi connectivity index (χ1v) is 10.0. The molecule has 2 aromatic rings. The number of thioether (sulfide) groups is 1. The average molecular weight is 384 g/mol. The van der Waals surface area contributed by atoms with Crippen molar-refractivity contribution >= 4 is 40.3 Å². The Bertz CT molecular complexity index is 705. The summed E-state index contributed by atoms with van der Waals surface area (Å²) in [4.78, 5) is 17.0. The summed E-state index contributed by atoms with van der Waals surface area (Å²) >= 11 is 7.56. The second-order valence-electron chi connectivity index (χ2n) is 5.78. The number of hydrogen-bond acceptors (Lipinski definition) is 4. The van der Waals surface area contributed by atoms with E-state index in [1.54, 1.807) is 0 Å². The van der Waals surface area contributed by atoms with Crippen LogP contribution in [-0.2, 0) is 16.1 Å². The summed E-state index contributed by atoms with van der Waals surface area (Å²) in [6.45, 7) is 8.87. The lowest BCUT2D eigenvalue weighted by Gasteiger charge is -2.13. The van der Waals surface area contributed by atoms with Gasteiger partial charge in [-0.05, 0) is 44.9 Å². The lowest BCUT2D eigenvalue weighted by Crippen LogP contribution is -2.32. The highest BCUT2D eigenvalue weighted by molar-refractivity contribution is 8.00. The Balaban J connectivity index is 2.02. The number of halogens is 1. The molecule has 0 fully saturated rings. The van der Waals surface area contributed by atoms with E-state index in [2.05, 4.69) is 21.8 Å². The van der Waals surface area contributed by atoms with Gasteiger partial charge in [-0.1, -0.05) is 30.3 Å². The molecule has 0 radical (unpaired) electrons. The molecule has 1 heterocycles. The predicted octanol–water partition coefficient (Wildman–Crippen LogP) is 4.12. The minimum Gasteiger partial charge on any atom is -0.382 e. The molecule has 0 saturated carbocycles. The molecule has 7 heteroatoms. The molecule has 2 rings (SSSR count). The summed E-state index contributed by atoms with van der Waals surface area (Å²) in [5.74, 6) is 0.0228. The van der Waals surface area contributed by atoms with Crippen LogP contribution in [0.3, 0.4) is 0 Å². The Morgan fingerprint density at radius 3 is 2.96 bits per heavy atom. The van der Waals surface area contributed by atoms with Gasteiger partial charge < -0.3 is 14.6 Å². The second-order valence-corrected chi connectivity index (χ2v) is 7.53. The highest BCUT2D eigenvalue weighted by Crippen LogP contribution is 2.29. The van der Waals surface area contributed by atoms with Crippen LogP contribution in [0.1, 0.15) is 33.6 Å². The Hall–Kier alpha value is -1.24. The second kappa shape index (κ2) is 10.0. The van der Waals surface area contributed by atoms with Crippen LogP contribution in [0.2, 0.25) is 5.02 Å². The minimum absolute atomic E-state index is 0.0228. The van der Waals surface area contributed by atoms with Crippen LogP contribution in [0.5, 0.6) is 0 Å². The van der Waals surface area contributed by atoms with Crippen molar-refractivity contribution < 1.29 is 9.53 Å². The Morgan fingerprint density at radius 1 is 1.44 bits per heavy atom. The molecule has 138 valence electrons. The first-order valence-electron chi connectivity index (χ1n) is 8.74. The Kier molecular flexibility index (Phi) is 8.06. The summed E-state index contributed by atoms with van der Waals surface area (Å²) < 4.78 is 7.44. The summed E-state index contributed by atoms with van der Waals surface area (Å²) in [6.07, 6.45) is 1.82. The van der Waals surface area contributed by atoms with Crippen LogP contribution in [0.25, 0.3) is 11.0 Å². The van der Waals surface area contributed by atoms with Crippen molar-refractivity contribution in [1.29, 1.82) is 0 Å². The molecule has 1 amide bonds. The van der Waals surface area contributed by atoms with Gasteiger partial charge in [-0.3, -0.25) is 4.79 Å². The van der Waals surface area contributed by atoms with Crippen molar-refractivity contribution in [1.82, 2.24) is 14.9 Å². The molecule has 0 aliphatic heterocycles. The van der Waals surface area contributed by atoms with Gasteiger partial charge in [0.15, 0.2) is 5.16 Å². The van der Waals surface area contributed by atoms with Gasteiger partial charge in [0.2, 0.25) is 5.91 Å². The summed E-state index contributed by atoms with van der Waals surface area (Å²) in [7, 11) is 0. The van der Waals surface area contributed by atoms with Gasteiger partial charge >= 0.3 is 0 Å². The zero-order valence-electron chi connectivity index (χ0n) is 15.0. The predicted molar refractivity (Wildman–Crippen MR) is 104 cm³/mol. The van der Waals surface area contributed by atoms with E-state index in [9.17, 15) is 4.79 Å². The van der Waals surface area contributed by atoms with Crippen LogP contribution < -0.4 is 5.32 Å². The number of hydrogen-bond donors (Lipinski definition) is 1. The van der Waals surface area contributed by atoms with Crippen LogP contribution in [0.15, 0.2) is 23.4 Å². The lowest BCUT2D eigenvalue weighted by molar-refractivity contribution is -0.120. The number of benzene rings is 1. The lowest BCUT2D eigenvalue weighted by atomic mass is 10.3. The van der Waals surface area contributed by atoms with Gasteiger partial charge in [0.25, 0.3) is 0 Å². The standard InChI is InChI=1S/C18H26ClN3O2S/c1-4-10-22-16-8-7-14(19)12-15(16)21-18(22)25-13(3)17(23)20-9-6-11-24-5-2/h7-8,12-13H,4-6,9-11H2,1-3H3,(H,20,23). The number of ether oxygens (including phenoxy) is 1. The van der Waals surface area contributed by atoms with Crippen molar-refractivity contribution in [2.24, 2.45) is 0 Å². The van der Waals surface area contributed by atoms with Gasteiger partial charge in [0.1, 0.15) is 0 Å². The third-order valence-corrected chi connectivity index (χ3v) is 5.07. The van der Waals surface area contributed by atoms with Crippen LogP contribution in [-0.4, -0.2) is 40.5 Å². The molecule has 1 aromatic carbocycles. The smallest absolute Gasteiger partial charge is 0.233 e. The van der Waals surface area contributed by atoms with Crippen molar-refractivity contribution in [2.75, 3.05) is 19.8 Å². The van der Waals surface area contributed by atoms with E-state index >= 15 is 0 Å². The van der Waals surface area contributed by atoms with Gasteiger partial charge in [-0.25, -0.2) is 4.98 Å². The maximum absolute atomic E-state index is 12.3. The molecule has 5 nitrogen and oxygen atoms in total. The largest absolute Gasteiger partial charge is 0.382 e. The number of amides is 1.